The SMILES string of the molecule is [C-]#[N+]c1c(-c2c[nH]c3ncc(Cl)nc23)nc(N[C@H]2C3CCC(CC3)[C@@H]2C)c(F)c1-c1ccco1. The van der Waals surface area contributed by atoms with Gasteiger partial charge in [-0.15, -0.1) is 0 Å². The van der Waals surface area contributed by atoms with E-state index in [4.69, 9.17) is 22.6 Å². The molecule has 4 heterocycles. The highest BCUT2D eigenvalue weighted by atomic mass is 35.5. The first-order valence-corrected chi connectivity index (χ1v) is 11.8. The van der Waals surface area contributed by atoms with Crippen molar-refractivity contribution in [3.05, 3.63) is 53.2 Å². The summed E-state index contributed by atoms with van der Waals surface area (Å²) in [6.45, 7) is 10.1. The van der Waals surface area contributed by atoms with Gasteiger partial charge in [-0.1, -0.05) is 18.5 Å². The van der Waals surface area contributed by atoms with Crippen LogP contribution in [0.15, 0.2) is 35.2 Å². The first-order valence-electron chi connectivity index (χ1n) is 11.5. The van der Waals surface area contributed by atoms with Gasteiger partial charge < -0.3 is 14.7 Å². The minimum Gasteiger partial charge on any atom is -0.466 e. The molecule has 34 heavy (non-hydrogen) atoms. The van der Waals surface area contributed by atoms with Crippen molar-refractivity contribution in [2.45, 2.75) is 38.6 Å². The van der Waals surface area contributed by atoms with Crippen LogP contribution in [-0.4, -0.2) is 26.0 Å². The molecule has 0 aliphatic heterocycles. The molecule has 2 N–H and O–H groups in total. The lowest BCUT2D eigenvalue weighted by Gasteiger charge is -2.47. The van der Waals surface area contributed by atoms with Gasteiger partial charge in [-0.05, 0) is 55.6 Å². The number of hydrogen-bond acceptors (Lipinski definition) is 5. The number of hydrogen-bond donors (Lipinski definition) is 2. The third kappa shape index (κ3) is 3.26. The smallest absolute Gasteiger partial charge is 0.226 e. The van der Waals surface area contributed by atoms with Crippen LogP contribution in [-0.2, 0) is 0 Å². The predicted molar refractivity (Wildman–Crippen MR) is 128 cm³/mol. The van der Waals surface area contributed by atoms with Gasteiger partial charge in [0, 0.05) is 17.8 Å². The number of H-pyrrole nitrogens is 1. The topological polar surface area (TPSA) is 84.0 Å². The highest BCUT2D eigenvalue weighted by Crippen LogP contribution is 2.48. The molecule has 3 saturated carbocycles. The van der Waals surface area contributed by atoms with E-state index in [0.29, 0.717) is 40.2 Å². The largest absolute Gasteiger partial charge is 0.466 e. The summed E-state index contributed by atoms with van der Waals surface area (Å²) in [6.07, 6.45) is 9.33. The maximum absolute atomic E-state index is 16.0. The molecule has 172 valence electrons. The average molecular weight is 477 g/mol. The summed E-state index contributed by atoms with van der Waals surface area (Å²) in [7, 11) is 0. The van der Waals surface area contributed by atoms with Gasteiger partial charge in [0.1, 0.15) is 16.4 Å². The molecule has 3 aliphatic rings. The molecule has 0 saturated heterocycles. The van der Waals surface area contributed by atoms with Crippen LogP contribution in [0.3, 0.4) is 0 Å². The molecule has 0 amide bonds. The van der Waals surface area contributed by atoms with Crippen molar-refractivity contribution in [3.63, 3.8) is 0 Å². The summed E-state index contributed by atoms with van der Waals surface area (Å²) in [5.41, 5.74) is 1.96. The Morgan fingerprint density at radius 2 is 2.03 bits per heavy atom. The molecule has 3 fully saturated rings. The van der Waals surface area contributed by atoms with Gasteiger partial charge in [0.2, 0.25) is 5.69 Å². The van der Waals surface area contributed by atoms with E-state index in [1.807, 2.05) is 0 Å². The normalized spacial score (nSPS) is 23.8. The van der Waals surface area contributed by atoms with Crippen molar-refractivity contribution in [1.82, 2.24) is 19.9 Å². The number of aromatic amines is 1. The monoisotopic (exact) mass is 476 g/mol. The van der Waals surface area contributed by atoms with E-state index in [-0.39, 0.29) is 34.0 Å². The fourth-order valence-electron chi connectivity index (χ4n) is 5.80. The van der Waals surface area contributed by atoms with Crippen LogP contribution in [0.25, 0.3) is 38.6 Å². The molecular weight excluding hydrogens is 455 g/mol. The molecule has 7 rings (SSSR count). The van der Waals surface area contributed by atoms with Gasteiger partial charge in [0.05, 0.1) is 30.3 Å². The van der Waals surface area contributed by atoms with Gasteiger partial charge in [-0.2, -0.15) is 0 Å². The molecule has 0 radical (unpaired) electrons. The second kappa shape index (κ2) is 8.10. The van der Waals surface area contributed by atoms with Crippen molar-refractivity contribution in [3.8, 4) is 22.6 Å². The minimum atomic E-state index is -0.581. The van der Waals surface area contributed by atoms with E-state index < -0.39 is 5.82 Å². The van der Waals surface area contributed by atoms with Crippen molar-refractivity contribution in [1.29, 1.82) is 0 Å². The third-order valence-electron chi connectivity index (χ3n) is 7.54. The van der Waals surface area contributed by atoms with Crippen molar-refractivity contribution >= 4 is 34.3 Å². The Bertz CT molecular complexity index is 1420. The maximum atomic E-state index is 16.0. The molecule has 9 heteroatoms. The molecular formula is C25H22ClFN6O. The Labute approximate surface area is 200 Å². The summed E-state index contributed by atoms with van der Waals surface area (Å²) in [5.74, 6) is 1.36. The number of nitrogens with zero attached hydrogens (tertiary/aromatic N) is 4. The highest BCUT2D eigenvalue weighted by Gasteiger charge is 2.42. The standard InChI is InChI=1S/C25H22ClFN6O/c1-12-13-5-7-14(8-6-13)20(12)32-24-19(27)18(16-4-3-9-34-16)23(28-2)21(33-24)15-10-29-25-22(15)31-17(26)11-30-25/h3-4,9-14,20H,5-8H2,1H3,(H,29,30)(H,32,33)/t12-,13?,14?,20+/m0/s1. The molecule has 3 aliphatic carbocycles. The van der Waals surface area contributed by atoms with Crippen LogP contribution in [0, 0.1) is 30.1 Å². The summed E-state index contributed by atoms with van der Waals surface area (Å²) >= 11 is 6.10. The van der Waals surface area contributed by atoms with Crippen LogP contribution in [0.2, 0.25) is 5.15 Å². The fourth-order valence-corrected chi connectivity index (χ4v) is 5.94. The lowest BCUT2D eigenvalue weighted by molar-refractivity contribution is 0.0926. The van der Waals surface area contributed by atoms with E-state index >= 15 is 4.39 Å². The fraction of sp³-hybridized carbons (Fsp3) is 0.360. The Kier molecular flexibility index (Phi) is 5.03. The second-order valence-corrected chi connectivity index (χ2v) is 9.62. The quantitative estimate of drug-likeness (QED) is 0.314. The number of rotatable bonds is 4. The van der Waals surface area contributed by atoms with Crippen molar-refractivity contribution < 1.29 is 8.81 Å². The summed E-state index contributed by atoms with van der Waals surface area (Å²) < 4.78 is 21.6. The molecule has 0 aromatic carbocycles. The number of nitrogens with one attached hydrogen (secondary N) is 2. The van der Waals surface area contributed by atoms with E-state index in [1.54, 1.807) is 18.3 Å². The Balaban J connectivity index is 1.56. The van der Waals surface area contributed by atoms with Crippen LogP contribution in [0.1, 0.15) is 32.6 Å². The molecule has 4 aromatic rings. The zero-order valence-electron chi connectivity index (χ0n) is 18.5. The van der Waals surface area contributed by atoms with Crippen LogP contribution in [0.4, 0.5) is 15.9 Å². The van der Waals surface area contributed by atoms with Gasteiger partial charge >= 0.3 is 0 Å². The number of aromatic nitrogens is 4. The Hall–Kier alpha value is -3.44. The molecule has 0 unspecified atom stereocenters. The number of furan rings is 1. The Morgan fingerprint density at radius 3 is 2.74 bits per heavy atom. The average Bonchev–Trinajstić information content (AvgIpc) is 3.52. The van der Waals surface area contributed by atoms with Crippen molar-refractivity contribution in [2.24, 2.45) is 17.8 Å². The lowest BCUT2D eigenvalue weighted by Crippen LogP contribution is -2.47. The lowest BCUT2D eigenvalue weighted by atomic mass is 9.62. The molecule has 4 aromatic heterocycles. The zero-order chi connectivity index (χ0) is 23.4. The first-order chi connectivity index (χ1) is 16.5. The van der Waals surface area contributed by atoms with E-state index in [0.717, 1.165) is 12.8 Å². The summed E-state index contributed by atoms with van der Waals surface area (Å²) in [5, 5.41) is 3.66. The van der Waals surface area contributed by atoms with E-state index in [1.165, 1.54) is 25.3 Å². The van der Waals surface area contributed by atoms with Gasteiger partial charge in [-0.25, -0.2) is 24.2 Å². The van der Waals surface area contributed by atoms with Gasteiger partial charge in [-0.3, -0.25) is 0 Å². The molecule has 0 spiro atoms. The maximum Gasteiger partial charge on any atom is 0.226 e. The molecule has 2 bridgehead atoms. The zero-order valence-corrected chi connectivity index (χ0v) is 19.2. The number of pyridine rings is 1. The second-order valence-electron chi connectivity index (χ2n) is 9.23. The van der Waals surface area contributed by atoms with Crippen LogP contribution < -0.4 is 5.32 Å². The predicted octanol–water partition coefficient (Wildman–Crippen LogP) is 6.86. The summed E-state index contributed by atoms with van der Waals surface area (Å²) in [4.78, 5) is 20.0. The van der Waals surface area contributed by atoms with Gasteiger partial charge in [0.25, 0.3) is 0 Å². The third-order valence-corrected chi connectivity index (χ3v) is 7.72. The molecule has 2 atom stereocenters. The van der Waals surface area contributed by atoms with E-state index in [9.17, 15) is 0 Å². The number of halogens is 2. The highest BCUT2D eigenvalue weighted by molar-refractivity contribution is 6.29. The number of fused-ring (bicyclic) bond motifs is 4. The number of anilines is 1. The molecule has 7 nitrogen and oxygen atoms in total. The first kappa shape index (κ1) is 21.1. The summed E-state index contributed by atoms with van der Waals surface area (Å²) in [6, 6.07) is 3.45. The van der Waals surface area contributed by atoms with Crippen molar-refractivity contribution in [2.75, 3.05) is 5.32 Å². The van der Waals surface area contributed by atoms with Gasteiger partial charge in [0.15, 0.2) is 17.3 Å². The Morgan fingerprint density at radius 1 is 1.24 bits per heavy atom. The van der Waals surface area contributed by atoms with Crippen LogP contribution in [0.5, 0.6) is 0 Å². The minimum absolute atomic E-state index is 0.0545. The van der Waals surface area contributed by atoms with Crippen LogP contribution >= 0.6 is 11.6 Å². The van der Waals surface area contributed by atoms with E-state index in [2.05, 4.69) is 37.0 Å².